The van der Waals surface area contributed by atoms with Crippen molar-refractivity contribution >= 4 is 11.9 Å². The van der Waals surface area contributed by atoms with Crippen LogP contribution in [0.2, 0.25) is 0 Å². The Morgan fingerprint density at radius 1 is 1.21 bits per heavy atom. The number of rotatable bonds is 4. The number of carbonyl (C=O) groups excluding carboxylic acids is 1. The Bertz CT molecular complexity index is 680. The zero-order chi connectivity index (χ0) is 16.8. The van der Waals surface area contributed by atoms with E-state index in [0.717, 1.165) is 49.8 Å². The van der Waals surface area contributed by atoms with Crippen molar-refractivity contribution in [2.24, 2.45) is 5.92 Å². The molecule has 0 aromatic heterocycles. The van der Waals surface area contributed by atoms with E-state index in [0.29, 0.717) is 6.61 Å². The minimum Gasteiger partial charge on any atom is -0.493 e. The fourth-order valence-corrected chi connectivity index (χ4v) is 4.74. The molecule has 2 atom stereocenters. The van der Waals surface area contributed by atoms with Crippen LogP contribution in [-0.4, -0.2) is 29.1 Å². The summed E-state index contributed by atoms with van der Waals surface area (Å²) in [5.74, 6) is 0.0166. The minimum atomic E-state index is -0.834. The highest BCUT2D eigenvalue weighted by Crippen LogP contribution is 2.60. The summed E-state index contributed by atoms with van der Waals surface area (Å²) in [6, 6.07) is 7.97. The first-order valence-electron chi connectivity index (χ1n) is 8.81. The van der Waals surface area contributed by atoms with Crippen LogP contribution in [0.4, 0.5) is 0 Å². The van der Waals surface area contributed by atoms with Crippen molar-refractivity contribution in [1.29, 1.82) is 0 Å². The molecule has 2 aliphatic carbocycles. The van der Waals surface area contributed by atoms with Crippen LogP contribution in [0, 0.1) is 5.92 Å². The molecular formula is C19H23NO4. The zero-order valence-electron chi connectivity index (χ0n) is 13.7. The van der Waals surface area contributed by atoms with E-state index in [1.54, 1.807) is 0 Å². The van der Waals surface area contributed by atoms with E-state index < -0.39 is 11.5 Å². The molecule has 1 spiro atoms. The van der Waals surface area contributed by atoms with Crippen molar-refractivity contribution in [3.8, 4) is 5.75 Å². The summed E-state index contributed by atoms with van der Waals surface area (Å²) >= 11 is 0. The number of nitrogens with one attached hydrogen (secondary N) is 1. The summed E-state index contributed by atoms with van der Waals surface area (Å²) < 4.78 is 5.72. The van der Waals surface area contributed by atoms with E-state index in [4.69, 9.17) is 4.74 Å². The Hall–Kier alpha value is -2.04. The minimum absolute atomic E-state index is 0.0230. The highest BCUT2D eigenvalue weighted by molar-refractivity contribution is 5.86. The Kier molecular flexibility index (Phi) is 3.55. The number of ether oxygens (including phenoxy) is 1. The fraction of sp³-hybridized carbons (Fsp3) is 0.579. The lowest BCUT2D eigenvalue weighted by atomic mass is 9.86. The quantitative estimate of drug-likeness (QED) is 0.890. The van der Waals surface area contributed by atoms with Gasteiger partial charge in [-0.15, -0.1) is 0 Å². The van der Waals surface area contributed by atoms with E-state index in [9.17, 15) is 14.7 Å². The van der Waals surface area contributed by atoms with Gasteiger partial charge >= 0.3 is 5.97 Å². The summed E-state index contributed by atoms with van der Waals surface area (Å²) in [6.07, 6.45) is 5.23. The summed E-state index contributed by atoms with van der Waals surface area (Å²) in [5.41, 5.74) is 0.481. The molecule has 0 bridgehead atoms. The van der Waals surface area contributed by atoms with Gasteiger partial charge in [-0.25, -0.2) is 0 Å². The van der Waals surface area contributed by atoms with Gasteiger partial charge in [0.15, 0.2) is 0 Å². The van der Waals surface area contributed by atoms with Gasteiger partial charge in [-0.05, 0) is 31.7 Å². The molecule has 5 heteroatoms. The van der Waals surface area contributed by atoms with Crippen LogP contribution in [0.3, 0.4) is 0 Å². The number of hydrogen-bond acceptors (Lipinski definition) is 3. The predicted octanol–water partition coefficient (Wildman–Crippen LogP) is 2.63. The average Bonchev–Trinajstić information content (AvgIpc) is 3.09. The summed E-state index contributed by atoms with van der Waals surface area (Å²) in [5, 5.41) is 12.3. The largest absolute Gasteiger partial charge is 0.493 e. The van der Waals surface area contributed by atoms with E-state index >= 15 is 0 Å². The Morgan fingerprint density at radius 2 is 1.96 bits per heavy atom. The Morgan fingerprint density at radius 3 is 2.71 bits per heavy atom. The maximum Gasteiger partial charge on any atom is 0.305 e. The molecule has 2 fully saturated rings. The Balaban J connectivity index is 1.52. The number of aliphatic carboxylic acids is 1. The van der Waals surface area contributed by atoms with Gasteiger partial charge in [0.25, 0.3) is 0 Å². The third-order valence-corrected chi connectivity index (χ3v) is 6.06. The smallest absolute Gasteiger partial charge is 0.305 e. The molecule has 0 saturated heterocycles. The second-order valence-corrected chi connectivity index (χ2v) is 7.55. The molecule has 2 N–H and O–H groups in total. The number of carboxylic acid groups (broad SMARTS) is 1. The van der Waals surface area contributed by atoms with Crippen molar-refractivity contribution in [1.82, 2.24) is 5.32 Å². The van der Waals surface area contributed by atoms with Gasteiger partial charge < -0.3 is 15.2 Å². The molecule has 1 aliphatic heterocycles. The number of amides is 1. The summed E-state index contributed by atoms with van der Waals surface area (Å²) in [6.45, 7) is 0.640. The molecule has 2 saturated carbocycles. The molecule has 4 rings (SSSR count). The van der Waals surface area contributed by atoms with Crippen LogP contribution in [0.5, 0.6) is 5.75 Å². The van der Waals surface area contributed by atoms with Gasteiger partial charge in [-0.3, -0.25) is 9.59 Å². The number of carbonyl (C=O) groups is 2. The van der Waals surface area contributed by atoms with Crippen LogP contribution >= 0.6 is 0 Å². The molecule has 5 nitrogen and oxygen atoms in total. The van der Waals surface area contributed by atoms with Crippen LogP contribution in [0.1, 0.15) is 50.5 Å². The summed E-state index contributed by atoms with van der Waals surface area (Å²) in [7, 11) is 0. The van der Waals surface area contributed by atoms with Crippen LogP contribution in [0.25, 0.3) is 0 Å². The molecular weight excluding hydrogens is 306 g/mol. The van der Waals surface area contributed by atoms with Crippen molar-refractivity contribution in [3.05, 3.63) is 29.8 Å². The molecule has 0 unspecified atom stereocenters. The normalized spacial score (nSPS) is 29.6. The highest BCUT2D eigenvalue weighted by Gasteiger charge is 2.61. The third kappa shape index (κ3) is 2.46. The van der Waals surface area contributed by atoms with Crippen LogP contribution < -0.4 is 10.1 Å². The van der Waals surface area contributed by atoms with Gasteiger partial charge in [0.05, 0.1) is 18.6 Å². The van der Waals surface area contributed by atoms with Gasteiger partial charge in [-0.2, -0.15) is 0 Å². The SMILES string of the molecule is O=C(O)CC1(NC(=O)[C@@H]2C[C@]23CCOc2ccccc23)CCCC1. The first-order valence-corrected chi connectivity index (χ1v) is 8.81. The van der Waals surface area contributed by atoms with E-state index in [-0.39, 0.29) is 23.7 Å². The highest BCUT2D eigenvalue weighted by atomic mass is 16.5. The molecule has 24 heavy (non-hydrogen) atoms. The van der Waals surface area contributed by atoms with Gasteiger partial charge in [-0.1, -0.05) is 31.0 Å². The van der Waals surface area contributed by atoms with Gasteiger partial charge in [0.1, 0.15) is 5.75 Å². The van der Waals surface area contributed by atoms with E-state index in [1.165, 1.54) is 0 Å². The number of hydrogen-bond donors (Lipinski definition) is 2. The molecule has 1 amide bonds. The molecule has 128 valence electrons. The zero-order valence-corrected chi connectivity index (χ0v) is 13.7. The molecule has 1 aromatic rings. The molecule has 3 aliphatic rings. The summed E-state index contributed by atoms with van der Waals surface area (Å²) in [4.78, 5) is 24.1. The standard InChI is InChI=1S/C19H23NO4/c21-16(22)12-18(7-3-4-8-18)20-17(23)14-11-19(14)9-10-24-15-6-2-1-5-13(15)19/h1-2,5-6,14H,3-4,7-12H2,(H,20,23)(H,21,22)/t14-,19-/m0/s1. The average molecular weight is 329 g/mol. The maximum absolute atomic E-state index is 12.9. The molecule has 1 heterocycles. The van der Waals surface area contributed by atoms with E-state index in [1.807, 2.05) is 18.2 Å². The number of para-hydroxylation sites is 1. The topological polar surface area (TPSA) is 75.6 Å². The molecule has 1 aromatic carbocycles. The number of fused-ring (bicyclic) bond motifs is 2. The van der Waals surface area contributed by atoms with Crippen molar-refractivity contribution in [3.63, 3.8) is 0 Å². The van der Waals surface area contributed by atoms with Crippen molar-refractivity contribution < 1.29 is 19.4 Å². The lowest BCUT2D eigenvalue weighted by molar-refractivity contribution is -0.139. The van der Waals surface area contributed by atoms with Gasteiger partial charge in [0.2, 0.25) is 5.91 Å². The lowest BCUT2D eigenvalue weighted by Gasteiger charge is -2.30. The van der Waals surface area contributed by atoms with Crippen LogP contribution in [-0.2, 0) is 15.0 Å². The van der Waals surface area contributed by atoms with Crippen molar-refractivity contribution in [2.45, 2.75) is 55.9 Å². The number of benzene rings is 1. The monoisotopic (exact) mass is 329 g/mol. The second-order valence-electron chi connectivity index (χ2n) is 7.55. The third-order valence-electron chi connectivity index (χ3n) is 6.06. The fourth-order valence-electron chi connectivity index (χ4n) is 4.74. The Labute approximate surface area is 141 Å². The molecule has 0 radical (unpaired) electrons. The maximum atomic E-state index is 12.9. The van der Waals surface area contributed by atoms with Gasteiger partial charge in [0, 0.05) is 16.9 Å². The number of carboxylic acids is 1. The van der Waals surface area contributed by atoms with Crippen molar-refractivity contribution in [2.75, 3.05) is 6.61 Å². The first kappa shape index (κ1) is 15.5. The second kappa shape index (κ2) is 5.50. The van der Waals surface area contributed by atoms with E-state index in [2.05, 4.69) is 11.4 Å². The predicted molar refractivity (Wildman–Crippen MR) is 87.9 cm³/mol. The lowest BCUT2D eigenvalue weighted by Crippen LogP contribution is -2.49. The first-order chi connectivity index (χ1) is 11.5. The van der Waals surface area contributed by atoms with Crippen LogP contribution in [0.15, 0.2) is 24.3 Å².